The first-order valence-corrected chi connectivity index (χ1v) is 8.83. The molecule has 1 amide bonds. The van der Waals surface area contributed by atoms with Crippen LogP contribution >= 0.6 is 0 Å². The van der Waals surface area contributed by atoms with Gasteiger partial charge in [0.1, 0.15) is 12.4 Å². The SMILES string of the molecule is CCc1nc(C2CCN(C(=O)[C@H]3COc4ccccc4O3)CC2)n[nH]1. The molecule has 1 aromatic carbocycles. The second-order valence-electron chi connectivity index (χ2n) is 6.46. The summed E-state index contributed by atoms with van der Waals surface area (Å²) in [7, 11) is 0. The van der Waals surface area contributed by atoms with E-state index in [9.17, 15) is 4.79 Å². The Morgan fingerprint density at radius 3 is 2.76 bits per heavy atom. The Morgan fingerprint density at radius 2 is 2.04 bits per heavy atom. The van der Waals surface area contributed by atoms with Gasteiger partial charge in [0.2, 0.25) is 6.10 Å². The van der Waals surface area contributed by atoms with Crippen molar-refractivity contribution in [1.82, 2.24) is 20.1 Å². The molecule has 7 nitrogen and oxygen atoms in total. The lowest BCUT2D eigenvalue weighted by atomic mass is 9.96. The summed E-state index contributed by atoms with van der Waals surface area (Å²) in [6.45, 7) is 3.70. The Hall–Kier alpha value is -2.57. The third-order valence-corrected chi connectivity index (χ3v) is 4.84. The number of hydrogen-bond acceptors (Lipinski definition) is 5. The van der Waals surface area contributed by atoms with E-state index in [-0.39, 0.29) is 12.5 Å². The highest BCUT2D eigenvalue weighted by molar-refractivity contribution is 5.82. The molecule has 1 aromatic heterocycles. The van der Waals surface area contributed by atoms with E-state index in [1.807, 2.05) is 29.2 Å². The lowest BCUT2D eigenvalue weighted by Crippen LogP contribution is -2.48. The van der Waals surface area contributed by atoms with Crippen molar-refractivity contribution in [2.45, 2.75) is 38.2 Å². The van der Waals surface area contributed by atoms with Crippen LogP contribution in [0.25, 0.3) is 0 Å². The Morgan fingerprint density at radius 1 is 1.28 bits per heavy atom. The minimum atomic E-state index is -0.568. The number of aryl methyl sites for hydroxylation is 1. The van der Waals surface area contributed by atoms with Crippen LogP contribution in [0.5, 0.6) is 11.5 Å². The summed E-state index contributed by atoms with van der Waals surface area (Å²) in [5.74, 6) is 3.42. The van der Waals surface area contributed by atoms with Crippen LogP contribution in [-0.4, -0.2) is 51.8 Å². The van der Waals surface area contributed by atoms with Gasteiger partial charge in [0.25, 0.3) is 5.91 Å². The number of carbonyl (C=O) groups is 1. The van der Waals surface area contributed by atoms with E-state index in [0.29, 0.717) is 30.5 Å². The highest BCUT2D eigenvalue weighted by Crippen LogP contribution is 2.32. The minimum absolute atomic E-state index is 0.00260. The van der Waals surface area contributed by atoms with E-state index in [0.717, 1.165) is 30.9 Å². The number of amides is 1. The smallest absolute Gasteiger partial charge is 0.267 e. The van der Waals surface area contributed by atoms with Gasteiger partial charge in [-0.25, -0.2) is 4.98 Å². The number of H-pyrrole nitrogens is 1. The number of hydrogen-bond donors (Lipinski definition) is 1. The van der Waals surface area contributed by atoms with Gasteiger partial charge in [-0.1, -0.05) is 19.1 Å². The first-order valence-electron chi connectivity index (χ1n) is 8.83. The van der Waals surface area contributed by atoms with Gasteiger partial charge in [-0.3, -0.25) is 9.89 Å². The molecule has 2 aliphatic rings. The summed E-state index contributed by atoms with van der Waals surface area (Å²) in [6.07, 6.45) is 2.03. The molecule has 0 bridgehead atoms. The van der Waals surface area contributed by atoms with Crippen molar-refractivity contribution >= 4 is 5.91 Å². The third-order valence-electron chi connectivity index (χ3n) is 4.84. The van der Waals surface area contributed by atoms with Crippen molar-refractivity contribution in [2.24, 2.45) is 0 Å². The van der Waals surface area contributed by atoms with Gasteiger partial charge in [-0.2, -0.15) is 5.10 Å². The fourth-order valence-corrected chi connectivity index (χ4v) is 3.35. The Bertz CT molecular complexity index is 752. The van der Waals surface area contributed by atoms with Crippen LogP contribution in [0, 0.1) is 0 Å². The number of ether oxygens (including phenoxy) is 2. The Kier molecular flexibility index (Phi) is 4.29. The van der Waals surface area contributed by atoms with Crippen LogP contribution in [0.15, 0.2) is 24.3 Å². The predicted octanol–water partition coefficient (Wildman–Crippen LogP) is 1.91. The van der Waals surface area contributed by atoms with E-state index < -0.39 is 6.10 Å². The number of aromatic amines is 1. The molecule has 1 atom stereocenters. The van der Waals surface area contributed by atoms with Crippen molar-refractivity contribution in [2.75, 3.05) is 19.7 Å². The zero-order valence-corrected chi connectivity index (χ0v) is 14.3. The number of fused-ring (bicyclic) bond motifs is 1. The van der Waals surface area contributed by atoms with E-state index in [2.05, 4.69) is 22.1 Å². The molecule has 2 aromatic rings. The standard InChI is InChI=1S/C18H22N4O3/c1-2-16-19-17(21-20-16)12-7-9-22(10-8-12)18(23)15-11-24-13-5-3-4-6-14(13)25-15/h3-6,12,15H,2,7-11H2,1H3,(H,19,20,21)/t15-/m1/s1. The molecule has 132 valence electrons. The lowest BCUT2D eigenvalue weighted by molar-refractivity contribution is -0.142. The van der Waals surface area contributed by atoms with Crippen molar-refractivity contribution in [3.63, 3.8) is 0 Å². The van der Waals surface area contributed by atoms with Crippen molar-refractivity contribution < 1.29 is 14.3 Å². The average Bonchev–Trinajstić information content (AvgIpc) is 3.16. The highest BCUT2D eigenvalue weighted by atomic mass is 16.6. The number of aromatic nitrogens is 3. The maximum absolute atomic E-state index is 12.7. The van der Waals surface area contributed by atoms with Crippen LogP contribution in [0.2, 0.25) is 0 Å². The monoisotopic (exact) mass is 342 g/mol. The molecule has 0 spiro atoms. The molecule has 4 rings (SSSR count). The summed E-state index contributed by atoms with van der Waals surface area (Å²) in [5.41, 5.74) is 0. The van der Waals surface area contributed by atoms with E-state index in [4.69, 9.17) is 9.47 Å². The zero-order valence-electron chi connectivity index (χ0n) is 14.3. The van der Waals surface area contributed by atoms with Gasteiger partial charge in [0.05, 0.1) is 0 Å². The number of likely N-dealkylation sites (tertiary alicyclic amines) is 1. The van der Waals surface area contributed by atoms with Crippen LogP contribution in [0.3, 0.4) is 0 Å². The number of nitrogens with one attached hydrogen (secondary N) is 1. The number of benzene rings is 1. The molecule has 25 heavy (non-hydrogen) atoms. The summed E-state index contributed by atoms with van der Waals surface area (Å²) >= 11 is 0. The molecule has 0 aliphatic carbocycles. The van der Waals surface area contributed by atoms with E-state index in [1.165, 1.54) is 0 Å². The third kappa shape index (κ3) is 3.18. The van der Waals surface area contributed by atoms with Gasteiger partial charge < -0.3 is 14.4 Å². The number of para-hydroxylation sites is 2. The van der Waals surface area contributed by atoms with Crippen LogP contribution in [0.4, 0.5) is 0 Å². The number of nitrogens with zero attached hydrogens (tertiary/aromatic N) is 3. The molecular formula is C18H22N4O3. The fourth-order valence-electron chi connectivity index (χ4n) is 3.35. The first-order chi connectivity index (χ1) is 12.2. The van der Waals surface area contributed by atoms with Gasteiger partial charge in [0.15, 0.2) is 17.3 Å². The topological polar surface area (TPSA) is 80.3 Å². The number of carbonyl (C=O) groups excluding carboxylic acids is 1. The van der Waals surface area contributed by atoms with Crippen LogP contribution in [0.1, 0.15) is 37.3 Å². The minimum Gasteiger partial charge on any atom is -0.485 e. The van der Waals surface area contributed by atoms with Crippen LogP contribution < -0.4 is 9.47 Å². The van der Waals surface area contributed by atoms with Crippen molar-refractivity contribution in [3.05, 3.63) is 35.9 Å². The van der Waals surface area contributed by atoms with Gasteiger partial charge in [0, 0.05) is 25.4 Å². The molecule has 7 heteroatoms. The summed E-state index contributed by atoms with van der Waals surface area (Å²) < 4.78 is 11.5. The fraction of sp³-hybridized carbons (Fsp3) is 0.500. The molecule has 1 fully saturated rings. The van der Waals surface area contributed by atoms with E-state index >= 15 is 0 Å². The van der Waals surface area contributed by atoms with Crippen molar-refractivity contribution in [3.8, 4) is 11.5 Å². The molecule has 0 unspecified atom stereocenters. The zero-order chi connectivity index (χ0) is 17.2. The summed E-state index contributed by atoms with van der Waals surface area (Å²) in [4.78, 5) is 19.1. The Labute approximate surface area is 146 Å². The number of rotatable bonds is 3. The second kappa shape index (κ2) is 6.74. The molecule has 0 saturated carbocycles. The van der Waals surface area contributed by atoms with Gasteiger partial charge >= 0.3 is 0 Å². The number of piperidine rings is 1. The Balaban J connectivity index is 1.35. The van der Waals surface area contributed by atoms with Crippen LogP contribution in [-0.2, 0) is 11.2 Å². The van der Waals surface area contributed by atoms with E-state index in [1.54, 1.807) is 0 Å². The molecule has 3 heterocycles. The summed E-state index contributed by atoms with van der Waals surface area (Å²) in [6, 6.07) is 7.45. The second-order valence-corrected chi connectivity index (χ2v) is 6.46. The lowest BCUT2D eigenvalue weighted by Gasteiger charge is -2.34. The maximum atomic E-state index is 12.7. The highest BCUT2D eigenvalue weighted by Gasteiger charge is 2.34. The summed E-state index contributed by atoms with van der Waals surface area (Å²) in [5, 5.41) is 7.28. The molecule has 1 saturated heterocycles. The molecule has 0 radical (unpaired) electrons. The predicted molar refractivity (Wildman–Crippen MR) is 90.7 cm³/mol. The largest absolute Gasteiger partial charge is 0.485 e. The maximum Gasteiger partial charge on any atom is 0.267 e. The average molecular weight is 342 g/mol. The van der Waals surface area contributed by atoms with Gasteiger partial charge in [-0.15, -0.1) is 0 Å². The normalized spacial score (nSPS) is 20.5. The van der Waals surface area contributed by atoms with Crippen molar-refractivity contribution in [1.29, 1.82) is 0 Å². The molecule has 2 aliphatic heterocycles. The van der Waals surface area contributed by atoms with Gasteiger partial charge in [-0.05, 0) is 25.0 Å². The first kappa shape index (κ1) is 15.9. The molecular weight excluding hydrogens is 320 g/mol. The quantitative estimate of drug-likeness (QED) is 0.922. The molecule has 1 N–H and O–H groups in total.